The van der Waals surface area contributed by atoms with Crippen molar-refractivity contribution >= 4 is 27.3 Å². The van der Waals surface area contributed by atoms with Gasteiger partial charge in [0, 0.05) is 7.05 Å². The zero-order chi connectivity index (χ0) is 15.6. The molecule has 0 saturated carbocycles. The molecule has 0 aromatic heterocycles. The summed E-state index contributed by atoms with van der Waals surface area (Å²) >= 11 is 5.91. The van der Waals surface area contributed by atoms with Crippen LogP contribution in [0.4, 0.5) is 10.1 Å². The third kappa shape index (κ3) is 2.99. The van der Waals surface area contributed by atoms with Crippen LogP contribution in [-0.4, -0.2) is 15.5 Å². The third-order valence-corrected chi connectivity index (χ3v) is 5.14. The fourth-order valence-electron chi connectivity index (χ4n) is 1.73. The molecule has 0 amide bonds. The van der Waals surface area contributed by atoms with Gasteiger partial charge in [0.25, 0.3) is 10.0 Å². The molecule has 0 aliphatic rings. The Hall–Kier alpha value is -2.10. The molecule has 0 unspecified atom stereocenters. The van der Waals surface area contributed by atoms with Crippen LogP contribution in [0.2, 0.25) is 5.02 Å². The minimum absolute atomic E-state index is 0.00254. The van der Waals surface area contributed by atoms with Crippen LogP contribution < -0.4 is 4.31 Å². The van der Waals surface area contributed by atoms with E-state index < -0.39 is 15.8 Å². The van der Waals surface area contributed by atoms with E-state index in [9.17, 15) is 12.8 Å². The quantitative estimate of drug-likeness (QED) is 0.871. The zero-order valence-corrected chi connectivity index (χ0v) is 12.5. The van der Waals surface area contributed by atoms with Crippen LogP contribution in [0, 0.1) is 17.1 Å². The molecule has 2 rings (SSSR count). The van der Waals surface area contributed by atoms with Crippen molar-refractivity contribution in [1.29, 1.82) is 5.26 Å². The van der Waals surface area contributed by atoms with E-state index in [0.717, 1.165) is 10.4 Å². The highest BCUT2D eigenvalue weighted by molar-refractivity contribution is 7.93. The first kappa shape index (κ1) is 15.3. The lowest BCUT2D eigenvalue weighted by Gasteiger charge is -2.20. The molecule has 21 heavy (non-hydrogen) atoms. The summed E-state index contributed by atoms with van der Waals surface area (Å²) in [6.45, 7) is 0. The topological polar surface area (TPSA) is 61.2 Å². The van der Waals surface area contributed by atoms with Gasteiger partial charge in [0.2, 0.25) is 0 Å². The van der Waals surface area contributed by atoms with E-state index in [-0.39, 0.29) is 21.2 Å². The third-order valence-electron chi connectivity index (χ3n) is 2.87. The van der Waals surface area contributed by atoms with E-state index in [1.54, 1.807) is 0 Å². The van der Waals surface area contributed by atoms with Gasteiger partial charge in [-0.3, -0.25) is 4.31 Å². The summed E-state index contributed by atoms with van der Waals surface area (Å²) < 4.78 is 39.2. The van der Waals surface area contributed by atoms with Gasteiger partial charge in [0.1, 0.15) is 10.7 Å². The van der Waals surface area contributed by atoms with Gasteiger partial charge >= 0.3 is 0 Å². The average molecular weight is 325 g/mol. The smallest absolute Gasteiger partial charge is 0.265 e. The summed E-state index contributed by atoms with van der Waals surface area (Å²) in [6, 6.07) is 11.0. The normalized spacial score (nSPS) is 11.0. The van der Waals surface area contributed by atoms with Crippen LogP contribution in [0.5, 0.6) is 0 Å². The zero-order valence-electron chi connectivity index (χ0n) is 10.9. The molecule has 0 aliphatic heterocycles. The molecule has 0 N–H and O–H groups in total. The van der Waals surface area contributed by atoms with E-state index in [1.165, 1.54) is 43.4 Å². The molecule has 108 valence electrons. The second kappa shape index (κ2) is 5.72. The number of nitriles is 1. The van der Waals surface area contributed by atoms with Gasteiger partial charge in [-0.2, -0.15) is 5.26 Å². The molecule has 4 nitrogen and oxygen atoms in total. The molecule has 0 atom stereocenters. The fourth-order valence-corrected chi connectivity index (χ4v) is 3.42. The van der Waals surface area contributed by atoms with E-state index in [1.807, 2.05) is 6.07 Å². The monoisotopic (exact) mass is 324 g/mol. The summed E-state index contributed by atoms with van der Waals surface area (Å²) in [6.07, 6.45) is 0. The van der Waals surface area contributed by atoms with Gasteiger partial charge in [-0.05, 0) is 36.4 Å². The molecular weight excluding hydrogens is 315 g/mol. The Balaban J connectivity index is 2.54. The van der Waals surface area contributed by atoms with Crippen LogP contribution in [-0.2, 0) is 10.0 Å². The highest BCUT2D eigenvalue weighted by Crippen LogP contribution is 2.28. The lowest BCUT2D eigenvalue weighted by molar-refractivity contribution is 0.594. The molecule has 2 aromatic carbocycles. The minimum atomic E-state index is -3.99. The molecule has 0 saturated heterocycles. The van der Waals surface area contributed by atoms with Crippen molar-refractivity contribution in [3.8, 4) is 6.07 Å². The molecule has 0 aliphatic carbocycles. The molecular formula is C14H10ClFN2O2S. The van der Waals surface area contributed by atoms with Crippen LogP contribution >= 0.6 is 11.6 Å². The van der Waals surface area contributed by atoms with Gasteiger partial charge < -0.3 is 0 Å². The van der Waals surface area contributed by atoms with Crippen molar-refractivity contribution in [3.05, 3.63) is 58.9 Å². The fraction of sp³-hybridized carbons (Fsp3) is 0.0714. The lowest BCUT2D eigenvalue weighted by Crippen LogP contribution is -2.27. The standard InChI is InChI=1S/C14H10ClFN2O2S/c1-18(12-4-2-3-11(16)8-12)21(19,20)14-7-10(9-17)5-6-13(14)15/h2-8H,1H3. The second-order valence-electron chi connectivity index (χ2n) is 4.21. The highest BCUT2D eigenvalue weighted by atomic mass is 35.5. The van der Waals surface area contributed by atoms with Gasteiger partial charge in [-0.15, -0.1) is 0 Å². The summed E-state index contributed by atoms with van der Waals surface area (Å²) in [5.74, 6) is -0.550. The molecule has 0 heterocycles. The Morgan fingerprint density at radius 1 is 1.24 bits per heavy atom. The number of hydrogen-bond acceptors (Lipinski definition) is 3. The summed E-state index contributed by atoms with van der Waals surface area (Å²) in [5.41, 5.74) is 0.332. The van der Waals surface area contributed by atoms with E-state index in [2.05, 4.69) is 0 Å². The largest absolute Gasteiger partial charge is 0.269 e. The molecule has 7 heteroatoms. The summed E-state index contributed by atoms with van der Waals surface area (Å²) in [7, 11) is -2.70. The molecule has 0 spiro atoms. The molecule has 0 bridgehead atoms. The van der Waals surface area contributed by atoms with Crippen molar-refractivity contribution in [2.75, 3.05) is 11.4 Å². The highest BCUT2D eigenvalue weighted by Gasteiger charge is 2.24. The molecule has 0 fully saturated rings. The Morgan fingerprint density at radius 2 is 1.95 bits per heavy atom. The second-order valence-corrected chi connectivity index (χ2v) is 6.55. The van der Waals surface area contributed by atoms with Gasteiger partial charge in [0.05, 0.1) is 22.3 Å². The van der Waals surface area contributed by atoms with Crippen LogP contribution in [0.3, 0.4) is 0 Å². The Kier molecular flexibility index (Phi) is 4.16. The summed E-state index contributed by atoms with van der Waals surface area (Å²) in [4.78, 5) is -0.199. The maximum Gasteiger partial charge on any atom is 0.265 e. The number of rotatable bonds is 3. The number of hydrogen-bond donors (Lipinski definition) is 0. The first-order chi connectivity index (χ1) is 9.86. The predicted molar refractivity (Wildman–Crippen MR) is 78.2 cm³/mol. The Labute approximate surface area is 127 Å². The van der Waals surface area contributed by atoms with Gasteiger partial charge in [0.15, 0.2) is 0 Å². The predicted octanol–water partition coefficient (Wildman–Crippen LogP) is 3.18. The SMILES string of the molecule is CN(c1cccc(F)c1)S(=O)(=O)c1cc(C#N)ccc1Cl. The van der Waals surface area contributed by atoms with E-state index >= 15 is 0 Å². The minimum Gasteiger partial charge on any atom is -0.269 e. The Bertz CT molecular complexity index is 831. The number of halogens is 2. The Morgan fingerprint density at radius 3 is 2.57 bits per heavy atom. The maximum absolute atomic E-state index is 13.2. The average Bonchev–Trinajstić information content (AvgIpc) is 2.46. The number of nitrogens with zero attached hydrogens (tertiary/aromatic N) is 2. The van der Waals surface area contributed by atoms with Crippen LogP contribution in [0.25, 0.3) is 0 Å². The first-order valence-electron chi connectivity index (χ1n) is 5.80. The summed E-state index contributed by atoms with van der Waals surface area (Å²) in [5, 5.41) is 8.86. The molecule has 0 radical (unpaired) electrons. The maximum atomic E-state index is 13.2. The first-order valence-corrected chi connectivity index (χ1v) is 7.62. The van der Waals surface area contributed by atoms with Crippen molar-refractivity contribution in [1.82, 2.24) is 0 Å². The van der Waals surface area contributed by atoms with Crippen LogP contribution in [0.15, 0.2) is 47.4 Å². The van der Waals surface area contributed by atoms with Gasteiger partial charge in [-0.1, -0.05) is 17.7 Å². The number of benzene rings is 2. The van der Waals surface area contributed by atoms with Crippen molar-refractivity contribution in [3.63, 3.8) is 0 Å². The van der Waals surface area contributed by atoms with Gasteiger partial charge in [-0.25, -0.2) is 12.8 Å². The number of sulfonamides is 1. The van der Waals surface area contributed by atoms with Crippen LogP contribution in [0.1, 0.15) is 5.56 Å². The van der Waals surface area contributed by atoms with E-state index in [0.29, 0.717) is 0 Å². The van der Waals surface area contributed by atoms with Crippen molar-refractivity contribution in [2.24, 2.45) is 0 Å². The van der Waals surface area contributed by atoms with Crippen molar-refractivity contribution < 1.29 is 12.8 Å². The lowest BCUT2D eigenvalue weighted by atomic mass is 10.2. The van der Waals surface area contributed by atoms with Crippen molar-refractivity contribution in [2.45, 2.75) is 4.90 Å². The van der Waals surface area contributed by atoms with E-state index in [4.69, 9.17) is 16.9 Å². The number of anilines is 1. The molecule has 2 aromatic rings.